The van der Waals surface area contributed by atoms with Gasteiger partial charge in [0.15, 0.2) is 0 Å². The first-order valence-corrected chi connectivity index (χ1v) is 24.6. The predicted molar refractivity (Wildman–Crippen MR) is 243 cm³/mol. The molecule has 0 rings (SSSR count). The first-order chi connectivity index (χ1) is 27.3. The summed E-state index contributed by atoms with van der Waals surface area (Å²) in [4.78, 5) is 30.9. The lowest BCUT2D eigenvalue weighted by Gasteiger charge is -2.02. The maximum absolute atomic E-state index is 10.3. The van der Waals surface area contributed by atoms with Crippen LogP contribution >= 0.6 is 0 Å². The number of allylic oxidation sites excluding steroid dienone is 2. The molecule has 0 fully saturated rings. The van der Waals surface area contributed by atoms with Crippen molar-refractivity contribution in [1.82, 2.24) is 0 Å². The highest BCUT2D eigenvalue weighted by Crippen LogP contribution is 2.15. The van der Waals surface area contributed by atoms with Gasteiger partial charge in [-0.1, -0.05) is 238 Å². The minimum atomic E-state index is -0.664. The summed E-state index contributed by atoms with van der Waals surface area (Å²) in [5, 5.41) is 25.5. The molecule has 0 heterocycles. The minimum Gasteiger partial charge on any atom is -0.481 e. The first kappa shape index (κ1) is 58.5. The Hall–Kier alpha value is -1.85. The summed E-state index contributed by atoms with van der Waals surface area (Å²) >= 11 is 0. The Morgan fingerprint density at radius 2 is 0.429 bits per heavy atom. The molecule has 0 saturated carbocycles. The molecule has 6 nitrogen and oxygen atoms in total. The number of carboxylic acid groups (broad SMARTS) is 3. The van der Waals surface area contributed by atoms with Gasteiger partial charge in [0, 0.05) is 19.3 Å². The zero-order chi connectivity index (χ0) is 41.8. The monoisotopic (exact) mass is 795 g/mol. The Labute approximate surface area is 349 Å². The molecule has 0 aromatic rings. The Balaban J connectivity index is -0.000000754. The molecule has 0 radical (unpaired) electrons. The molecule has 0 aliphatic rings. The van der Waals surface area contributed by atoms with Gasteiger partial charge in [-0.25, -0.2) is 0 Å². The van der Waals surface area contributed by atoms with Crippen molar-refractivity contribution in [3.8, 4) is 0 Å². The van der Waals surface area contributed by atoms with Crippen molar-refractivity contribution in [3.63, 3.8) is 0 Å². The van der Waals surface area contributed by atoms with Gasteiger partial charge in [-0.15, -0.1) is 0 Å². The van der Waals surface area contributed by atoms with Gasteiger partial charge in [0.1, 0.15) is 0 Å². The smallest absolute Gasteiger partial charge is 0.303 e. The molecule has 0 spiro atoms. The van der Waals surface area contributed by atoms with E-state index in [4.69, 9.17) is 15.3 Å². The van der Waals surface area contributed by atoms with Gasteiger partial charge in [0.2, 0.25) is 0 Å². The summed E-state index contributed by atoms with van der Waals surface area (Å²) in [6.07, 6.45) is 55.8. The summed E-state index contributed by atoms with van der Waals surface area (Å²) in [7, 11) is 0. The van der Waals surface area contributed by atoms with Crippen molar-refractivity contribution in [2.45, 2.75) is 290 Å². The van der Waals surface area contributed by atoms with Crippen molar-refractivity contribution in [2.24, 2.45) is 0 Å². The predicted octanol–water partition coefficient (Wildman–Crippen LogP) is 17.2. The van der Waals surface area contributed by atoms with E-state index >= 15 is 0 Å². The van der Waals surface area contributed by atoms with Crippen LogP contribution in [0.25, 0.3) is 0 Å². The number of carboxylic acids is 3. The lowest BCUT2D eigenvalue weighted by Crippen LogP contribution is -1.93. The topological polar surface area (TPSA) is 112 Å². The molecule has 334 valence electrons. The Morgan fingerprint density at radius 1 is 0.268 bits per heavy atom. The van der Waals surface area contributed by atoms with Crippen LogP contribution in [0.3, 0.4) is 0 Å². The Kier molecular flexibility index (Phi) is 57.7. The fourth-order valence-electron chi connectivity index (χ4n) is 6.93. The molecule has 0 unspecified atom stereocenters. The summed E-state index contributed by atoms with van der Waals surface area (Å²) in [6, 6.07) is 0. The highest BCUT2D eigenvalue weighted by Gasteiger charge is 1.99. The third kappa shape index (κ3) is 66.9. The average molecular weight is 795 g/mol. The fraction of sp³-hybridized carbons (Fsp3) is 0.900. The van der Waals surface area contributed by atoms with Crippen molar-refractivity contribution in [1.29, 1.82) is 0 Å². The van der Waals surface area contributed by atoms with E-state index in [1.54, 1.807) is 0 Å². The average Bonchev–Trinajstić information content (AvgIpc) is 3.17. The second kappa shape index (κ2) is 55.2. The number of hydrogen-bond acceptors (Lipinski definition) is 3. The van der Waals surface area contributed by atoms with Crippen LogP contribution in [0.1, 0.15) is 290 Å². The van der Waals surface area contributed by atoms with Gasteiger partial charge in [-0.3, -0.25) is 14.4 Å². The molecule has 0 atom stereocenters. The van der Waals surface area contributed by atoms with E-state index in [-0.39, 0.29) is 0 Å². The van der Waals surface area contributed by atoms with Crippen LogP contribution in [0, 0.1) is 0 Å². The highest BCUT2D eigenvalue weighted by molar-refractivity contribution is 5.67. The fourth-order valence-corrected chi connectivity index (χ4v) is 6.93. The molecule has 0 aromatic carbocycles. The summed E-state index contributed by atoms with van der Waals surface area (Å²) in [5.74, 6) is -1.97. The summed E-state index contributed by atoms with van der Waals surface area (Å²) < 4.78 is 0. The quantitative estimate of drug-likeness (QED) is 0.0419. The third-order valence-electron chi connectivity index (χ3n) is 10.6. The first-order valence-electron chi connectivity index (χ1n) is 24.6. The van der Waals surface area contributed by atoms with Crippen molar-refractivity contribution in [2.75, 3.05) is 0 Å². The van der Waals surface area contributed by atoms with Gasteiger partial charge in [-0.05, 0) is 44.9 Å². The van der Waals surface area contributed by atoms with Crippen molar-refractivity contribution in [3.05, 3.63) is 12.2 Å². The molecule has 0 aliphatic carbocycles. The third-order valence-corrected chi connectivity index (χ3v) is 10.6. The molecule has 3 N–H and O–H groups in total. The van der Waals surface area contributed by atoms with Crippen molar-refractivity contribution >= 4 is 17.9 Å². The standard InChI is InChI=1S/C18H34O2.2C16H32O2/c1-2-3-4-5-6-7-8-9-10-11-12-13-14-15-16-17-18(19)20;2*1-2-3-4-5-6-7-8-9-10-11-12-13-14-15-16(17)18/h9-10H,2-8,11-17H2,1H3,(H,19,20);2*2-15H2,1H3,(H,17,18)/b10-9-;;. The molecule has 56 heavy (non-hydrogen) atoms. The maximum Gasteiger partial charge on any atom is 0.303 e. The number of hydrogen-bond donors (Lipinski definition) is 3. The number of unbranched alkanes of at least 4 members (excludes halogenated alkanes) is 35. The van der Waals surface area contributed by atoms with Gasteiger partial charge >= 0.3 is 17.9 Å². The number of aliphatic carboxylic acids is 3. The van der Waals surface area contributed by atoms with Crippen LogP contribution in [0.5, 0.6) is 0 Å². The lowest BCUT2D eigenvalue weighted by molar-refractivity contribution is -0.138. The molecular formula is C50H98O6. The zero-order valence-electron chi connectivity index (χ0n) is 37.9. The molecule has 0 saturated heterocycles. The maximum atomic E-state index is 10.3. The molecule has 0 amide bonds. The second-order valence-electron chi connectivity index (χ2n) is 16.5. The van der Waals surface area contributed by atoms with Crippen molar-refractivity contribution < 1.29 is 29.7 Å². The highest BCUT2D eigenvalue weighted by atomic mass is 16.4. The van der Waals surface area contributed by atoms with Crippen LogP contribution in [0.4, 0.5) is 0 Å². The lowest BCUT2D eigenvalue weighted by atomic mass is 10.0. The van der Waals surface area contributed by atoms with E-state index in [1.165, 1.54) is 212 Å². The molecule has 0 aliphatic heterocycles. The van der Waals surface area contributed by atoms with E-state index in [2.05, 4.69) is 32.9 Å². The molecule has 0 bridgehead atoms. The molecular weight excluding hydrogens is 697 g/mol. The normalized spacial score (nSPS) is 10.9. The molecule has 6 heteroatoms. The zero-order valence-corrected chi connectivity index (χ0v) is 37.9. The van der Waals surface area contributed by atoms with Crippen LogP contribution < -0.4 is 0 Å². The largest absolute Gasteiger partial charge is 0.481 e. The van der Waals surface area contributed by atoms with Gasteiger partial charge in [0.25, 0.3) is 0 Å². The second-order valence-corrected chi connectivity index (χ2v) is 16.5. The minimum absolute atomic E-state index is 0.332. The van der Waals surface area contributed by atoms with Crippen LogP contribution in [0.15, 0.2) is 12.2 Å². The van der Waals surface area contributed by atoms with Gasteiger partial charge in [-0.2, -0.15) is 0 Å². The van der Waals surface area contributed by atoms with E-state index in [0.29, 0.717) is 19.3 Å². The van der Waals surface area contributed by atoms with Gasteiger partial charge < -0.3 is 15.3 Å². The summed E-state index contributed by atoms with van der Waals surface area (Å²) in [6.45, 7) is 6.78. The Morgan fingerprint density at radius 3 is 0.607 bits per heavy atom. The summed E-state index contributed by atoms with van der Waals surface area (Å²) in [5.41, 5.74) is 0. The molecule has 0 aromatic heterocycles. The number of carbonyl (C=O) groups is 3. The van der Waals surface area contributed by atoms with E-state index in [1.807, 2.05) is 0 Å². The SMILES string of the molecule is CCCCCCCC/C=C\CCCCCCCC(=O)O.CCCCCCCCCCCCCCCC(=O)O.CCCCCCCCCCCCCCCC(=O)O. The van der Waals surface area contributed by atoms with Crippen LogP contribution in [-0.2, 0) is 14.4 Å². The van der Waals surface area contributed by atoms with E-state index < -0.39 is 17.9 Å². The van der Waals surface area contributed by atoms with E-state index in [9.17, 15) is 14.4 Å². The van der Waals surface area contributed by atoms with E-state index in [0.717, 1.165) is 38.5 Å². The Bertz CT molecular complexity index is 754. The van der Waals surface area contributed by atoms with Gasteiger partial charge in [0.05, 0.1) is 0 Å². The van der Waals surface area contributed by atoms with Crippen LogP contribution in [0.2, 0.25) is 0 Å². The van der Waals surface area contributed by atoms with Crippen LogP contribution in [-0.4, -0.2) is 33.2 Å². The number of rotatable bonds is 43.